The first-order valence-electron chi connectivity index (χ1n) is 4.88. The van der Waals surface area contributed by atoms with Crippen LogP contribution in [0.5, 0.6) is 0 Å². The number of carbonyl (C=O) groups excluding carboxylic acids is 1. The van der Waals surface area contributed by atoms with Crippen molar-refractivity contribution < 1.29 is 9.18 Å². The molecule has 0 spiro atoms. The van der Waals surface area contributed by atoms with Gasteiger partial charge in [0.25, 0.3) is 0 Å². The Labute approximate surface area is 111 Å². The Morgan fingerprint density at radius 2 is 2.39 bits per heavy atom. The lowest BCUT2D eigenvalue weighted by Gasteiger charge is -2.05. The Morgan fingerprint density at radius 1 is 1.56 bits per heavy atom. The van der Waals surface area contributed by atoms with Crippen molar-refractivity contribution >= 4 is 35.0 Å². The van der Waals surface area contributed by atoms with E-state index in [1.165, 1.54) is 36.3 Å². The van der Waals surface area contributed by atoms with Gasteiger partial charge in [0.05, 0.1) is 11.4 Å². The van der Waals surface area contributed by atoms with Crippen LogP contribution in [0.25, 0.3) is 0 Å². The quantitative estimate of drug-likeness (QED) is 0.846. The van der Waals surface area contributed by atoms with E-state index < -0.39 is 5.82 Å². The van der Waals surface area contributed by atoms with Crippen LogP contribution in [0.1, 0.15) is 0 Å². The summed E-state index contributed by atoms with van der Waals surface area (Å²) in [5, 5.41) is 9.56. The molecule has 0 unspecified atom stereocenters. The lowest BCUT2D eigenvalue weighted by Crippen LogP contribution is -2.15. The van der Waals surface area contributed by atoms with Crippen molar-refractivity contribution in [2.24, 2.45) is 0 Å². The van der Waals surface area contributed by atoms with Crippen molar-refractivity contribution in [1.82, 2.24) is 15.2 Å². The largest absolute Gasteiger partial charge is 0.323 e. The van der Waals surface area contributed by atoms with Crippen LogP contribution in [-0.2, 0) is 4.79 Å². The number of aromatic nitrogens is 3. The van der Waals surface area contributed by atoms with Crippen molar-refractivity contribution in [2.75, 3.05) is 11.1 Å². The maximum Gasteiger partial charge on any atom is 0.234 e. The van der Waals surface area contributed by atoms with Crippen molar-refractivity contribution in [3.63, 3.8) is 0 Å². The number of thioether (sulfide) groups is 1. The molecular weight excluding hydrogens is 279 g/mol. The second-order valence-electron chi connectivity index (χ2n) is 3.25. The summed E-state index contributed by atoms with van der Waals surface area (Å²) in [6.07, 6.45) is 1.34. The molecule has 2 aromatic rings. The second kappa shape index (κ2) is 5.83. The van der Waals surface area contributed by atoms with E-state index in [0.29, 0.717) is 10.2 Å². The third-order valence-electron chi connectivity index (χ3n) is 1.94. The Balaban J connectivity index is 1.92. The van der Waals surface area contributed by atoms with Crippen LogP contribution in [-0.4, -0.2) is 26.8 Å². The van der Waals surface area contributed by atoms with Gasteiger partial charge in [-0.05, 0) is 18.2 Å². The zero-order chi connectivity index (χ0) is 13.0. The standard InChI is InChI=1S/C10H8ClFN4OS/c11-6-1-2-7(12)8(3-6)15-9(17)4-18-10-13-5-14-16-10/h1-3,5H,4H2,(H,15,17)(H,13,14,16). The first-order valence-corrected chi connectivity index (χ1v) is 6.24. The number of rotatable bonds is 4. The summed E-state index contributed by atoms with van der Waals surface area (Å²) >= 11 is 6.88. The third kappa shape index (κ3) is 3.44. The van der Waals surface area contributed by atoms with Gasteiger partial charge in [-0.25, -0.2) is 9.37 Å². The van der Waals surface area contributed by atoms with E-state index in [0.717, 1.165) is 0 Å². The predicted molar refractivity (Wildman–Crippen MR) is 67.1 cm³/mol. The number of nitrogens with zero attached hydrogens (tertiary/aromatic N) is 2. The second-order valence-corrected chi connectivity index (χ2v) is 4.65. The zero-order valence-electron chi connectivity index (χ0n) is 8.98. The SMILES string of the molecule is O=C(CSc1ncn[nH]1)Nc1cc(Cl)ccc1F. The Kier molecular flexibility index (Phi) is 4.16. The van der Waals surface area contributed by atoms with Crippen LogP contribution in [0.3, 0.4) is 0 Å². The lowest BCUT2D eigenvalue weighted by molar-refractivity contribution is -0.113. The third-order valence-corrected chi connectivity index (χ3v) is 3.05. The smallest absolute Gasteiger partial charge is 0.234 e. The molecule has 1 heterocycles. The fourth-order valence-electron chi connectivity index (χ4n) is 1.18. The summed E-state index contributed by atoms with van der Waals surface area (Å²) < 4.78 is 13.3. The Bertz CT molecular complexity index is 549. The van der Waals surface area contributed by atoms with Crippen LogP contribution in [0.4, 0.5) is 10.1 Å². The number of hydrogen-bond donors (Lipinski definition) is 2. The van der Waals surface area contributed by atoms with Gasteiger partial charge < -0.3 is 5.32 Å². The van der Waals surface area contributed by atoms with E-state index >= 15 is 0 Å². The molecule has 0 aliphatic heterocycles. The monoisotopic (exact) mass is 286 g/mol. The molecule has 0 aliphatic rings. The molecule has 94 valence electrons. The molecule has 0 atom stereocenters. The van der Waals surface area contributed by atoms with Crippen LogP contribution in [0.15, 0.2) is 29.7 Å². The minimum atomic E-state index is -0.530. The number of H-pyrrole nitrogens is 1. The number of amides is 1. The van der Waals surface area contributed by atoms with Crippen molar-refractivity contribution in [1.29, 1.82) is 0 Å². The molecule has 0 saturated carbocycles. The Morgan fingerprint density at radius 3 is 3.11 bits per heavy atom. The summed E-state index contributed by atoms with van der Waals surface area (Å²) in [6, 6.07) is 3.96. The molecule has 2 N–H and O–H groups in total. The van der Waals surface area contributed by atoms with Crippen LogP contribution in [0, 0.1) is 5.82 Å². The molecule has 0 saturated heterocycles. The van der Waals surface area contributed by atoms with E-state index in [1.807, 2.05) is 0 Å². The number of benzene rings is 1. The molecule has 1 aromatic carbocycles. The molecule has 18 heavy (non-hydrogen) atoms. The molecule has 1 amide bonds. The Hall–Kier alpha value is -1.60. The van der Waals surface area contributed by atoms with Gasteiger partial charge in [0, 0.05) is 5.02 Å². The van der Waals surface area contributed by atoms with Crippen molar-refractivity contribution in [3.8, 4) is 0 Å². The molecular formula is C10H8ClFN4OS. The average Bonchev–Trinajstić information content (AvgIpc) is 2.84. The predicted octanol–water partition coefficient (Wildman–Crippen LogP) is 2.33. The number of aromatic amines is 1. The molecule has 1 aromatic heterocycles. The van der Waals surface area contributed by atoms with E-state index in [2.05, 4.69) is 20.5 Å². The summed E-state index contributed by atoms with van der Waals surface area (Å²) in [5.41, 5.74) is 0.0608. The van der Waals surface area contributed by atoms with Gasteiger partial charge in [-0.15, -0.1) is 0 Å². The molecule has 0 aliphatic carbocycles. The highest BCUT2D eigenvalue weighted by Gasteiger charge is 2.09. The highest BCUT2D eigenvalue weighted by Crippen LogP contribution is 2.20. The number of nitrogens with one attached hydrogen (secondary N) is 2. The van der Waals surface area contributed by atoms with Gasteiger partial charge in [-0.3, -0.25) is 9.89 Å². The first kappa shape index (κ1) is 12.8. The first-order chi connectivity index (χ1) is 8.65. The maximum atomic E-state index is 13.3. The van der Waals surface area contributed by atoms with Crippen LogP contribution >= 0.6 is 23.4 Å². The van der Waals surface area contributed by atoms with E-state index in [1.54, 1.807) is 0 Å². The number of hydrogen-bond acceptors (Lipinski definition) is 4. The van der Waals surface area contributed by atoms with E-state index in [-0.39, 0.29) is 17.3 Å². The van der Waals surface area contributed by atoms with Gasteiger partial charge >= 0.3 is 0 Å². The molecule has 0 bridgehead atoms. The molecule has 8 heteroatoms. The minimum absolute atomic E-state index is 0.0608. The minimum Gasteiger partial charge on any atom is -0.323 e. The number of carbonyl (C=O) groups is 1. The summed E-state index contributed by atoms with van der Waals surface area (Å²) in [6.45, 7) is 0. The van der Waals surface area contributed by atoms with E-state index in [9.17, 15) is 9.18 Å². The normalized spacial score (nSPS) is 10.3. The van der Waals surface area contributed by atoms with Crippen molar-refractivity contribution in [3.05, 3.63) is 35.4 Å². The van der Waals surface area contributed by atoms with Gasteiger partial charge in [0.1, 0.15) is 12.1 Å². The molecule has 0 fully saturated rings. The maximum absolute atomic E-state index is 13.3. The summed E-state index contributed by atoms with van der Waals surface area (Å²) in [7, 11) is 0. The fraction of sp³-hybridized carbons (Fsp3) is 0.100. The molecule has 2 rings (SSSR count). The van der Waals surface area contributed by atoms with Gasteiger partial charge in [0.15, 0.2) is 5.16 Å². The fourth-order valence-corrected chi connectivity index (χ4v) is 1.93. The average molecular weight is 287 g/mol. The van der Waals surface area contributed by atoms with Gasteiger partial charge in [-0.1, -0.05) is 23.4 Å². The summed E-state index contributed by atoms with van der Waals surface area (Å²) in [5.74, 6) is -0.781. The highest BCUT2D eigenvalue weighted by atomic mass is 35.5. The summed E-state index contributed by atoms with van der Waals surface area (Å²) in [4.78, 5) is 15.4. The zero-order valence-corrected chi connectivity index (χ0v) is 10.6. The molecule has 0 radical (unpaired) electrons. The topological polar surface area (TPSA) is 70.7 Å². The van der Waals surface area contributed by atoms with E-state index in [4.69, 9.17) is 11.6 Å². The number of anilines is 1. The lowest BCUT2D eigenvalue weighted by atomic mass is 10.3. The van der Waals surface area contributed by atoms with Gasteiger partial charge in [0.2, 0.25) is 5.91 Å². The highest BCUT2D eigenvalue weighted by molar-refractivity contribution is 7.99. The number of halogens is 2. The van der Waals surface area contributed by atoms with Crippen LogP contribution in [0.2, 0.25) is 5.02 Å². The van der Waals surface area contributed by atoms with Crippen LogP contribution < -0.4 is 5.32 Å². The van der Waals surface area contributed by atoms with Gasteiger partial charge in [-0.2, -0.15) is 5.10 Å². The van der Waals surface area contributed by atoms with Crippen molar-refractivity contribution in [2.45, 2.75) is 5.16 Å². The molecule has 5 nitrogen and oxygen atoms in total.